The van der Waals surface area contributed by atoms with Gasteiger partial charge in [-0.2, -0.15) is 0 Å². The molecule has 1 saturated heterocycles. The first-order valence-electron chi connectivity index (χ1n) is 5.96. The van der Waals surface area contributed by atoms with Crippen LogP contribution in [0, 0.1) is 11.8 Å². The van der Waals surface area contributed by atoms with E-state index in [1.807, 2.05) is 11.8 Å². The van der Waals surface area contributed by atoms with E-state index in [0.29, 0.717) is 11.8 Å². The molecule has 0 saturated carbocycles. The van der Waals surface area contributed by atoms with E-state index in [1.54, 1.807) is 0 Å². The Balaban J connectivity index is 2.54. The third-order valence-corrected chi connectivity index (χ3v) is 4.41. The van der Waals surface area contributed by atoms with Gasteiger partial charge in [-0.25, -0.2) is 4.79 Å². The predicted molar refractivity (Wildman–Crippen MR) is 71.3 cm³/mol. The Kier molecular flexibility index (Phi) is 4.52. The molecule has 1 fully saturated rings. The van der Waals surface area contributed by atoms with Crippen LogP contribution in [0.3, 0.4) is 0 Å². The minimum Gasteiger partial charge on any atom is -0.365 e. The third kappa shape index (κ3) is 3.88. The molecule has 2 atom stereocenters. The summed E-state index contributed by atoms with van der Waals surface area (Å²) in [6.07, 6.45) is 0. The second-order valence-electron chi connectivity index (χ2n) is 5.81. The van der Waals surface area contributed by atoms with Crippen molar-refractivity contribution in [1.29, 1.82) is 0 Å². The molecule has 92 valence electrons. The monoisotopic (exact) mass is 241 g/mol. The van der Waals surface area contributed by atoms with Crippen LogP contribution in [0.25, 0.3) is 0 Å². The SMILES string of the molecule is CC1CN(C(=C=O)CSC(C)(C)C)C[C@@H]1C. The van der Waals surface area contributed by atoms with Gasteiger partial charge in [0.1, 0.15) is 11.6 Å². The van der Waals surface area contributed by atoms with Gasteiger partial charge in [-0.1, -0.05) is 34.6 Å². The highest BCUT2D eigenvalue weighted by atomic mass is 32.2. The molecule has 16 heavy (non-hydrogen) atoms. The summed E-state index contributed by atoms with van der Waals surface area (Å²) in [7, 11) is 0. The van der Waals surface area contributed by atoms with Gasteiger partial charge in [-0.15, -0.1) is 11.8 Å². The van der Waals surface area contributed by atoms with Crippen LogP contribution in [-0.4, -0.2) is 34.4 Å². The summed E-state index contributed by atoms with van der Waals surface area (Å²) in [5.74, 6) is 4.28. The zero-order valence-electron chi connectivity index (χ0n) is 11.0. The molecule has 0 aromatic carbocycles. The smallest absolute Gasteiger partial charge is 0.146 e. The lowest BCUT2D eigenvalue weighted by Crippen LogP contribution is -2.23. The molecule has 0 aliphatic carbocycles. The molecular weight excluding hydrogens is 218 g/mol. The molecule has 0 aromatic heterocycles. The molecule has 1 aliphatic rings. The summed E-state index contributed by atoms with van der Waals surface area (Å²) in [5.41, 5.74) is 0.844. The molecule has 0 aromatic rings. The van der Waals surface area contributed by atoms with E-state index >= 15 is 0 Å². The summed E-state index contributed by atoms with van der Waals surface area (Å²) in [6, 6.07) is 0. The van der Waals surface area contributed by atoms with Crippen molar-refractivity contribution in [2.45, 2.75) is 39.4 Å². The maximum Gasteiger partial charge on any atom is 0.146 e. The Morgan fingerprint density at radius 1 is 1.31 bits per heavy atom. The number of carbonyl (C=O) groups excluding carboxylic acids is 1. The molecule has 1 heterocycles. The van der Waals surface area contributed by atoms with E-state index in [1.165, 1.54) is 0 Å². The van der Waals surface area contributed by atoms with Crippen LogP contribution in [-0.2, 0) is 4.79 Å². The normalized spacial score (nSPS) is 25.7. The summed E-state index contributed by atoms with van der Waals surface area (Å²) < 4.78 is 0.207. The van der Waals surface area contributed by atoms with Crippen LogP contribution in [0.1, 0.15) is 34.6 Å². The molecule has 3 heteroatoms. The minimum atomic E-state index is 0.207. The van der Waals surface area contributed by atoms with Crippen LogP contribution in [0.2, 0.25) is 0 Å². The Bertz CT molecular complexity index is 279. The van der Waals surface area contributed by atoms with Gasteiger partial charge in [0.15, 0.2) is 0 Å². The number of hydrogen-bond donors (Lipinski definition) is 0. The quantitative estimate of drug-likeness (QED) is 0.709. The number of hydrogen-bond acceptors (Lipinski definition) is 3. The van der Waals surface area contributed by atoms with Crippen molar-refractivity contribution >= 4 is 17.7 Å². The Hall–Kier alpha value is -0.400. The minimum absolute atomic E-state index is 0.207. The van der Waals surface area contributed by atoms with E-state index in [2.05, 4.69) is 45.5 Å². The van der Waals surface area contributed by atoms with Crippen LogP contribution < -0.4 is 0 Å². The number of thioether (sulfide) groups is 1. The standard InChI is InChI=1S/C13H23NOS/c1-10-6-14(7-11(10)2)12(8-15)9-16-13(3,4)5/h10-11H,6-7,9H2,1-5H3/t10-,11?/m0/s1. The molecule has 1 rings (SSSR count). The highest BCUT2D eigenvalue weighted by molar-refractivity contribution is 8.00. The molecule has 1 aliphatic heterocycles. The molecule has 0 amide bonds. The highest BCUT2D eigenvalue weighted by Gasteiger charge is 2.28. The summed E-state index contributed by atoms with van der Waals surface area (Å²) in [5, 5.41) is 0. The van der Waals surface area contributed by atoms with E-state index in [0.717, 1.165) is 24.5 Å². The Labute approximate surface area is 103 Å². The summed E-state index contributed by atoms with van der Waals surface area (Å²) in [6.45, 7) is 13.1. The van der Waals surface area contributed by atoms with Crippen molar-refractivity contribution in [3.63, 3.8) is 0 Å². The van der Waals surface area contributed by atoms with Gasteiger partial charge in [0.25, 0.3) is 0 Å². The molecular formula is C13H23NOS. The van der Waals surface area contributed by atoms with Gasteiger partial charge >= 0.3 is 0 Å². The lowest BCUT2D eigenvalue weighted by Gasteiger charge is -2.23. The first-order chi connectivity index (χ1) is 7.33. The fourth-order valence-electron chi connectivity index (χ4n) is 1.82. The average Bonchev–Trinajstić information content (AvgIpc) is 2.46. The van der Waals surface area contributed by atoms with Crippen molar-refractivity contribution in [2.24, 2.45) is 11.8 Å². The molecule has 0 N–H and O–H groups in total. The Morgan fingerprint density at radius 2 is 1.81 bits per heavy atom. The zero-order chi connectivity index (χ0) is 12.3. The summed E-state index contributed by atoms with van der Waals surface area (Å²) in [4.78, 5) is 13.2. The van der Waals surface area contributed by atoms with Crippen LogP contribution in [0.15, 0.2) is 5.70 Å². The van der Waals surface area contributed by atoms with Crippen LogP contribution >= 0.6 is 11.8 Å². The zero-order valence-corrected chi connectivity index (χ0v) is 11.9. The van der Waals surface area contributed by atoms with Gasteiger partial charge in [0, 0.05) is 23.6 Å². The van der Waals surface area contributed by atoms with Crippen molar-refractivity contribution in [1.82, 2.24) is 4.90 Å². The predicted octanol–water partition coefficient (Wildman–Crippen LogP) is 2.82. The third-order valence-electron chi connectivity index (χ3n) is 3.13. The fraction of sp³-hybridized carbons (Fsp3) is 0.846. The van der Waals surface area contributed by atoms with Crippen LogP contribution in [0.4, 0.5) is 0 Å². The molecule has 0 spiro atoms. The summed E-state index contributed by atoms with van der Waals surface area (Å²) >= 11 is 1.81. The second-order valence-corrected chi connectivity index (χ2v) is 7.61. The van der Waals surface area contributed by atoms with Gasteiger partial charge < -0.3 is 4.90 Å². The molecule has 1 unspecified atom stereocenters. The maximum atomic E-state index is 11.0. The lowest BCUT2D eigenvalue weighted by atomic mass is 10.0. The first kappa shape index (κ1) is 13.7. The Morgan fingerprint density at radius 3 is 2.19 bits per heavy atom. The number of rotatable bonds is 3. The van der Waals surface area contributed by atoms with Gasteiger partial charge in [0.05, 0.1) is 0 Å². The number of likely N-dealkylation sites (tertiary alicyclic amines) is 1. The average molecular weight is 241 g/mol. The lowest BCUT2D eigenvalue weighted by molar-refractivity contribution is 0.410. The van der Waals surface area contributed by atoms with Gasteiger partial charge in [-0.05, 0) is 11.8 Å². The van der Waals surface area contributed by atoms with E-state index < -0.39 is 0 Å². The highest BCUT2D eigenvalue weighted by Crippen LogP contribution is 2.29. The fourth-order valence-corrected chi connectivity index (χ4v) is 2.63. The topological polar surface area (TPSA) is 20.3 Å². The van der Waals surface area contributed by atoms with Crippen molar-refractivity contribution < 1.29 is 4.79 Å². The van der Waals surface area contributed by atoms with Crippen molar-refractivity contribution in [2.75, 3.05) is 18.8 Å². The van der Waals surface area contributed by atoms with E-state index in [4.69, 9.17) is 0 Å². The van der Waals surface area contributed by atoms with E-state index in [-0.39, 0.29) is 4.75 Å². The van der Waals surface area contributed by atoms with Gasteiger partial charge in [0.2, 0.25) is 0 Å². The maximum absolute atomic E-state index is 11.0. The first-order valence-corrected chi connectivity index (χ1v) is 6.95. The van der Waals surface area contributed by atoms with Crippen molar-refractivity contribution in [3.05, 3.63) is 5.70 Å². The molecule has 2 nitrogen and oxygen atoms in total. The molecule has 0 radical (unpaired) electrons. The van der Waals surface area contributed by atoms with Crippen LogP contribution in [0.5, 0.6) is 0 Å². The van der Waals surface area contributed by atoms with Crippen molar-refractivity contribution in [3.8, 4) is 0 Å². The number of nitrogens with zero attached hydrogens (tertiary/aromatic N) is 1. The van der Waals surface area contributed by atoms with E-state index in [9.17, 15) is 4.79 Å². The largest absolute Gasteiger partial charge is 0.365 e. The van der Waals surface area contributed by atoms with Gasteiger partial charge in [-0.3, -0.25) is 0 Å². The molecule has 0 bridgehead atoms. The second kappa shape index (κ2) is 5.29.